The van der Waals surface area contributed by atoms with Gasteiger partial charge in [0, 0.05) is 80.3 Å². The highest BCUT2D eigenvalue weighted by molar-refractivity contribution is 6.00. The molecule has 2 N–H and O–H groups in total. The Balaban J connectivity index is 1.09. The summed E-state index contributed by atoms with van der Waals surface area (Å²) in [5.41, 5.74) is -3.38. The van der Waals surface area contributed by atoms with Crippen molar-refractivity contribution in [3.05, 3.63) is 41.9 Å². The van der Waals surface area contributed by atoms with Gasteiger partial charge in [0.2, 0.25) is 5.92 Å². The number of piperidine rings is 1. The van der Waals surface area contributed by atoms with Crippen molar-refractivity contribution in [3.8, 4) is 17.1 Å². The largest absolute Gasteiger partial charge is 0.490 e. The molecule has 9 nitrogen and oxygen atoms in total. The van der Waals surface area contributed by atoms with Gasteiger partial charge in [-0.3, -0.25) is 9.69 Å². The maximum atomic E-state index is 14.7. The molecule has 1 saturated heterocycles. The number of alkyl halides is 7. The Hall–Kier alpha value is -3.95. The molecule has 1 aromatic carbocycles. The van der Waals surface area contributed by atoms with Gasteiger partial charge >= 0.3 is 12.1 Å². The highest BCUT2D eigenvalue weighted by atomic mass is 19.4. The number of amides is 1. The second kappa shape index (κ2) is 13.6. The summed E-state index contributed by atoms with van der Waals surface area (Å²) in [6.07, 6.45) is -0.475. The molecule has 0 radical (unpaired) electrons. The first kappa shape index (κ1) is 37.9. The summed E-state index contributed by atoms with van der Waals surface area (Å²) in [6.45, 7) is 3.21. The van der Waals surface area contributed by atoms with Crippen molar-refractivity contribution in [1.29, 1.82) is 0 Å². The van der Waals surface area contributed by atoms with Gasteiger partial charge in [-0.25, -0.2) is 32.3 Å². The van der Waals surface area contributed by atoms with Crippen LogP contribution in [0.2, 0.25) is 0 Å². The molecule has 5 fully saturated rings. The van der Waals surface area contributed by atoms with E-state index in [1.165, 1.54) is 0 Å². The van der Waals surface area contributed by atoms with E-state index in [4.69, 9.17) is 4.74 Å². The Bertz CT molecular complexity index is 1960. The second-order valence-corrected chi connectivity index (χ2v) is 16.8. The number of rotatable bonds is 8. The quantitative estimate of drug-likeness (QED) is 0.221. The molecule has 4 unspecified atom stereocenters. The first-order chi connectivity index (χ1) is 25.9. The molecule has 8 rings (SSSR count). The Morgan fingerprint density at radius 3 is 2.31 bits per heavy atom. The van der Waals surface area contributed by atoms with Crippen molar-refractivity contribution < 1.29 is 50.2 Å². The number of carboxylic acids is 1. The summed E-state index contributed by atoms with van der Waals surface area (Å²) >= 11 is 0. The first-order valence-corrected chi connectivity index (χ1v) is 19.2. The summed E-state index contributed by atoms with van der Waals surface area (Å²) in [5.74, 6) is -7.96. The molecule has 2 aromatic heterocycles. The van der Waals surface area contributed by atoms with Crippen molar-refractivity contribution in [2.24, 2.45) is 17.8 Å². The number of carbonyl (C=O) groups excluding carboxylic acids is 1. The van der Waals surface area contributed by atoms with Crippen molar-refractivity contribution in [2.75, 3.05) is 13.1 Å². The van der Waals surface area contributed by atoms with Crippen LogP contribution < -0.4 is 10.1 Å². The van der Waals surface area contributed by atoms with E-state index in [9.17, 15) is 45.4 Å². The third kappa shape index (κ3) is 7.27. The predicted octanol–water partition coefficient (Wildman–Crippen LogP) is 8.52. The topological polar surface area (TPSA) is 110 Å². The van der Waals surface area contributed by atoms with Crippen LogP contribution in [0.1, 0.15) is 106 Å². The highest BCUT2D eigenvalue weighted by Crippen LogP contribution is 2.51. The Kier molecular flexibility index (Phi) is 9.39. The molecule has 1 amide bonds. The van der Waals surface area contributed by atoms with Crippen LogP contribution in [0.4, 0.5) is 30.7 Å². The van der Waals surface area contributed by atoms with Crippen LogP contribution in [0, 0.1) is 17.8 Å². The van der Waals surface area contributed by atoms with E-state index in [0.29, 0.717) is 55.4 Å². The minimum absolute atomic E-state index is 0.0350. The molecule has 4 aliphatic carbocycles. The van der Waals surface area contributed by atoms with Crippen LogP contribution in [0.25, 0.3) is 22.3 Å². The molecule has 1 aliphatic heterocycles. The average molecular weight is 780 g/mol. The summed E-state index contributed by atoms with van der Waals surface area (Å²) in [7, 11) is 0. The number of carbonyl (C=O) groups is 2. The monoisotopic (exact) mass is 779 g/mol. The molecule has 4 saturated carbocycles. The van der Waals surface area contributed by atoms with Gasteiger partial charge < -0.3 is 19.7 Å². The maximum Gasteiger partial charge on any atom is 0.434 e. The number of fused-ring (bicyclic) bond motifs is 3. The molecule has 5 aliphatic rings. The molecular formula is C39H44F7N5O4. The van der Waals surface area contributed by atoms with Crippen LogP contribution in [0.5, 0.6) is 5.75 Å². The zero-order valence-electron chi connectivity index (χ0n) is 30.4. The molecular weight excluding hydrogens is 735 g/mol. The molecule has 4 atom stereocenters. The Morgan fingerprint density at radius 2 is 1.65 bits per heavy atom. The van der Waals surface area contributed by atoms with Gasteiger partial charge in [0.05, 0.1) is 11.1 Å². The third-order valence-corrected chi connectivity index (χ3v) is 12.9. The van der Waals surface area contributed by atoms with Gasteiger partial charge in [-0.2, -0.15) is 13.2 Å². The van der Waals surface area contributed by atoms with Crippen molar-refractivity contribution >= 4 is 22.8 Å². The van der Waals surface area contributed by atoms with Gasteiger partial charge in [-0.15, -0.1) is 0 Å². The number of halogens is 7. The minimum Gasteiger partial charge on any atom is -0.490 e. The molecule has 3 heterocycles. The van der Waals surface area contributed by atoms with E-state index in [1.54, 1.807) is 29.0 Å². The summed E-state index contributed by atoms with van der Waals surface area (Å²) < 4.78 is 108. The number of hydrogen-bond acceptors (Lipinski definition) is 6. The fourth-order valence-electron chi connectivity index (χ4n) is 10.1. The summed E-state index contributed by atoms with van der Waals surface area (Å²) in [6, 6.07) is 4.51. The summed E-state index contributed by atoms with van der Waals surface area (Å²) in [5, 5.41) is 13.2. The van der Waals surface area contributed by atoms with E-state index in [-0.39, 0.29) is 80.3 Å². The van der Waals surface area contributed by atoms with E-state index in [2.05, 4.69) is 20.2 Å². The van der Waals surface area contributed by atoms with Gasteiger partial charge in [0.25, 0.3) is 11.8 Å². The number of aromatic nitrogens is 3. The van der Waals surface area contributed by atoms with Gasteiger partial charge in [0.1, 0.15) is 17.4 Å². The van der Waals surface area contributed by atoms with Crippen LogP contribution in [0.15, 0.2) is 30.6 Å². The van der Waals surface area contributed by atoms with E-state index in [0.717, 1.165) is 12.6 Å². The van der Waals surface area contributed by atoms with E-state index < -0.39 is 58.7 Å². The molecule has 2 bridgehead atoms. The highest BCUT2D eigenvalue weighted by Gasteiger charge is 2.57. The number of nitrogens with zero attached hydrogens (tertiary/aromatic N) is 4. The standard InChI is InChI=1S/C39H44F7N5O4/c1-21-12-22-14-23(13-21)38(16-22,35(53)54)49-34(52)29-19-47-33(48-32(29)39(44,45)46)30-20-51(24-4-8-36(40,41)9-5-24)31-15-27(2-3-28(30)31)55-26-6-10-50(11-7-26)25-17-37(42,43)18-25/h2-3,15,19-26H,4-14,16-18H2,1H3,(H,49,52)(H,53,54). The lowest BCUT2D eigenvalue weighted by atomic mass is 9.78. The van der Waals surface area contributed by atoms with E-state index >= 15 is 0 Å². The van der Waals surface area contributed by atoms with Gasteiger partial charge in [-0.1, -0.05) is 6.92 Å². The van der Waals surface area contributed by atoms with Crippen molar-refractivity contribution in [2.45, 2.75) is 126 Å². The number of likely N-dealkylation sites (tertiary alicyclic amines) is 1. The Labute approximate surface area is 313 Å². The third-order valence-electron chi connectivity index (χ3n) is 12.9. The molecule has 3 aromatic rings. The minimum atomic E-state index is -5.11. The van der Waals surface area contributed by atoms with Crippen LogP contribution in [-0.2, 0) is 11.0 Å². The Morgan fingerprint density at radius 1 is 0.945 bits per heavy atom. The number of aliphatic carboxylic acids is 1. The average Bonchev–Trinajstić information content (AvgIpc) is 3.61. The number of benzene rings is 1. The number of ether oxygens (including phenoxy) is 1. The predicted molar refractivity (Wildman–Crippen MR) is 186 cm³/mol. The number of carboxylic acid groups (broad SMARTS) is 1. The number of nitrogens with one attached hydrogen (secondary N) is 1. The zero-order valence-corrected chi connectivity index (χ0v) is 30.4. The zero-order chi connectivity index (χ0) is 39.1. The van der Waals surface area contributed by atoms with Crippen LogP contribution >= 0.6 is 0 Å². The SMILES string of the molecule is CC1CC2CC(C1)C(NC(=O)c1cnc(-c3cn(C4CCC(F)(F)CC4)c4cc(OC5CCN(C6CC(F)(F)C6)CC5)ccc34)nc1C(F)(F)F)(C(=O)O)C2. The lowest BCUT2D eigenvalue weighted by Gasteiger charge is -2.45. The molecule has 16 heteroatoms. The van der Waals surface area contributed by atoms with Gasteiger partial charge in [0.15, 0.2) is 11.5 Å². The molecule has 0 spiro atoms. The molecule has 298 valence electrons. The van der Waals surface area contributed by atoms with E-state index in [1.807, 2.05) is 6.92 Å². The lowest BCUT2D eigenvalue weighted by Crippen LogP contribution is -2.57. The summed E-state index contributed by atoms with van der Waals surface area (Å²) in [4.78, 5) is 36.4. The first-order valence-electron chi connectivity index (χ1n) is 19.2. The normalized spacial score (nSPS) is 28.9. The smallest absolute Gasteiger partial charge is 0.434 e. The number of hydrogen-bond donors (Lipinski definition) is 2. The fraction of sp³-hybridized carbons (Fsp3) is 0.641. The second-order valence-electron chi connectivity index (χ2n) is 16.8. The van der Waals surface area contributed by atoms with Crippen molar-refractivity contribution in [3.63, 3.8) is 0 Å². The lowest BCUT2D eigenvalue weighted by molar-refractivity contribution is -0.146. The maximum absolute atomic E-state index is 14.7. The van der Waals surface area contributed by atoms with Crippen LogP contribution in [-0.4, -0.2) is 79.0 Å². The van der Waals surface area contributed by atoms with Gasteiger partial charge in [-0.05, 0) is 81.3 Å². The fourth-order valence-corrected chi connectivity index (χ4v) is 10.1. The van der Waals surface area contributed by atoms with Crippen LogP contribution in [0.3, 0.4) is 0 Å². The van der Waals surface area contributed by atoms with Crippen molar-refractivity contribution in [1.82, 2.24) is 24.8 Å². The molecule has 55 heavy (non-hydrogen) atoms.